The average Bonchev–Trinajstić information content (AvgIpc) is 2.36. The molecule has 1 rings (SSSR count). The van der Waals surface area contributed by atoms with E-state index in [4.69, 9.17) is 4.74 Å². The molecule has 6 heteroatoms. The second-order valence-corrected chi connectivity index (χ2v) is 5.26. The fourth-order valence-electron chi connectivity index (χ4n) is 1.40. The molecule has 6 nitrogen and oxygen atoms in total. The number of aliphatic hydroxyl groups excluding tert-OH is 1. The van der Waals surface area contributed by atoms with Gasteiger partial charge in [0.25, 0.3) is 0 Å². The van der Waals surface area contributed by atoms with Crippen LogP contribution >= 0.6 is 0 Å². The highest BCUT2D eigenvalue weighted by molar-refractivity contribution is 5.89. The van der Waals surface area contributed by atoms with Crippen LogP contribution in [0.3, 0.4) is 0 Å². The summed E-state index contributed by atoms with van der Waals surface area (Å²) in [5, 5.41) is 12.3. The zero-order chi connectivity index (χ0) is 16.0. The highest BCUT2D eigenvalue weighted by Crippen LogP contribution is 2.16. The number of esters is 1. The molecule has 0 bridgehead atoms. The van der Waals surface area contributed by atoms with E-state index in [0.717, 1.165) is 6.08 Å². The lowest BCUT2D eigenvalue weighted by molar-refractivity contribution is -0.134. The van der Waals surface area contributed by atoms with Crippen LogP contribution in [0.2, 0.25) is 0 Å². The van der Waals surface area contributed by atoms with Gasteiger partial charge in [0.1, 0.15) is 11.4 Å². The maximum absolute atomic E-state index is 11.6. The molecule has 0 unspecified atom stereocenters. The normalized spacial score (nSPS) is 11.7. The minimum Gasteiger partial charge on any atom is -0.507 e. The Hall–Kier alpha value is -2.50. The van der Waals surface area contributed by atoms with Crippen LogP contribution in [-0.4, -0.2) is 29.9 Å². The largest absolute Gasteiger partial charge is 0.507 e. The van der Waals surface area contributed by atoms with Crippen molar-refractivity contribution >= 4 is 23.5 Å². The summed E-state index contributed by atoms with van der Waals surface area (Å²) in [7, 11) is 1.22. The number of hydrogen-bond acceptors (Lipinski definition) is 5. The number of methoxy groups -OCH3 is 1. The summed E-state index contributed by atoms with van der Waals surface area (Å²) in [6.07, 6.45) is 0.403. The van der Waals surface area contributed by atoms with Gasteiger partial charge in [-0.2, -0.15) is 0 Å². The van der Waals surface area contributed by atoms with Crippen molar-refractivity contribution in [2.75, 3.05) is 12.4 Å². The lowest BCUT2D eigenvalue weighted by atomic mass is 10.1. The number of anilines is 1. The predicted octanol–water partition coefficient (Wildman–Crippen LogP) is 3.11. The second kappa shape index (κ2) is 6.78. The second-order valence-electron chi connectivity index (χ2n) is 5.26. The van der Waals surface area contributed by atoms with Crippen LogP contribution in [-0.2, 0) is 14.3 Å². The zero-order valence-electron chi connectivity index (χ0n) is 12.5. The van der Waals surface area contributed by atoms with Gasteiger partial charge in [-0.3, -0.25) is 5.32 Å². The Kier molecular flexibility index (Phi) is 5.35. The van der Waals surface area contributed by atoms with Crippen LogP contribution in [0.25, 0.3) is 5.76 Å². The molecule has 114 valence electrons. The monoisotopic (exact) mass is 293 g/mol. The Morgan fingerprint density at radius 1 is 1.19 bits per heavy atom. The van der Waals surface area contributed by atoms with E-state index in [0.29, 0.717) is 11.3 Å². The van der Waals surface area contributed by atoms with Crippen molar-refractivity contribution in [3.05, 3.63) is 35.9 Å². The third-order valence-corrected chi connectivity index (χ3v) is 2.28. The van der Waals surface area contributed by atoms with Crippen LogP contribution in [0.15, 0.2) is 30.3 Å². The molecule has 0 saturated carbocycles. The summed E-state index contributed by atoms with van der Waals surface area (Å²) in [6.45, 7) is 5.31. The first-order valence-corrected chi connectivity index (χ1v) is 6.30. The van der Waals surface area contributed by atoms with Gasteiger partial charge in [0.05, 0.1) is 13.2 Å². The van der Waals surface area contributed by atoms with E-state index in [9.17, 15) is 14.7 Å². The maximum atomic E-state index is 11.6. The highest BCUT2D eigenvalue weighted by atomic mass is 16.6. The Bertz CT molecular complexity index is 540. The van der Waals surface area contributed by atoms with Crippen LogP contribution in [0.5, 0.6) is 0 Å². The predicted molar refractivity (Wildman–Crippen MR) is 78.9 cm³/mol. The minimum absolute atomic E-state index is 0.217. The first-order valence-electron chi connectivity index (χ1n) is 6.30. The minimum atomic E-state index is -0.650. The number of aliphatic hydroxyl groups is 1. The average molecular weight is 293 g/mol. The van der Waals surface area contributed by atoms with Gasteiger partial charge in [-0.25, -0.2) is 9.59 Å². The molecule has 0 saturated heterocycles. The fraction of sp³-hybridized carbons (Fsp3) is 0.333. The van der Waals surface area contributed by atoms with Crippen molar-refractivity contribution < 1.29 is 24.2 Å². The number of carbonyl (C=O) groups excluding carboxylic acids is 2. The summed E-state index contributed by atoms with van der Waals surface area (Å²) in [5.41, 5.74) is 0.361. The lowest BCUT2D eigenvalue weighted by Gasteiger charge is -2.19. The van der Waals surface area contributed by atoms with Gasteiger partial charge in [0.15, 0.2) is 0 Å². The topological polar surface area (TPSA) is 84.9 Å². The molecule has 1 aromatic carbocycles. The first-order chi connectivity index (χ1) is 9.71. The molecule has 1 aromatic rings. The van der Waals surface area contributed by atoms with Gasteiger partial charge in [0.2, 0.25) is 0 Å². The van der Waals surface area contributed by atoms with Gasteiger partial charge >= 0.3 is 12.1 Å². The first kappa shape index (κ1) is 16.6. The summed E-state index contributed by atoms with van der Waals surface area (Å²) < 4.78 is 9.53. The smallest absolute Gasteiger partial charge is 0.412 e. The standard InChI is InChI=1S/C15H19NO5/c1-15(2,3)21-14(19)16-11-7-5-10(6-8-11)12(17)9-13(18)20-4/h5-9,17H,1-4H3,(H,16,19)/b12-9-. The Morgan fingerprint density at radius 3 is 2.24 bits per heavy atom. The summed E-state index contributed by atoms with van der Waals surface area (Å²) in [5.74, 6) is -0.867. The Balaban J connectivity index is 2.73. The van der Waals surface area contributed by atoms with Crippen LogP contribution < -0.4 is 5.32 Å². The van der Waals surface area contributed by atoms with Crippen molar-refractivity contribution in [1.82, 2.24) is 0 Å². The van der Waals surface area contributed by atoms with E-state index in [1.54, 1.807) is 45.0 Å². The molecule has 0 atom stereocenters. The van der Waals surface area contributed by atoms with E-state index in [1.807, 2.05) is 0 Å². The van der Waals surface area contributed by atoms with Crippen LogP contribution in [0.1, 0.15) is 26.3 Å². The summed E-state index contributed by atoms with van der Waals surface area (Å²) in [4.78, 5) is 22.6. The number of ether oxygens (including phenoxy) is 2. The highest BCUT2D eigenvalue weighted by Gasteiger charge is 2.16. The molecular weight excluding hydrogens is 274 g/mol. The molecule has 0 heterocycles. The molecule has 2 N–H and O–H groups in total. The van der Waals surface area contributed by atoms with E-state index >= 15 is 0 Å². The third kappa shape index (κ3) is 5.99. The summed E-state index contributed by atoms with van der Waals surface area (Å²) in [6, 6.07) is 6.28. The van der Waals surface area contributed by atoms with E-state index in [2.05, 4.69) is 10.1 Å². The number of rotatable bonds is 3. The van der Waals surface area contributed by atoms with Crippen molar-refractivity contribution in [2.45, 2.75) is 26.4 Å². The Morgan fingerprint density at radius 2 is 1.76 bits per heavy atom. The maximum Gasteiger partial charge on any atom is 0.412 e. The van der Waals surface area contributed by atoms with Gasteiger partial charge < -0.3 is 14.6 Å². The number of amides is 1. The molecule has 0 aromatic heterocycles. The molecule has 0 aliphatic heterocycles. The SMILES string of the molecule is COC(=O)/C=C(\O)c1ccc(NC(=O)OC(C)(C)C)cc1. The van der Waals surface area contributed by atoms with Crippen LogP contribution in [0, 0.1) is 0 Å². The van der Waals surface area contributed by atoms with E-state index in [1.165, 1.54) is 7.11 Å². The number of nitrogens with one attached hydrogen (secondary N) is 1. The molecule has 1 amide bonds. The quantitative estimate of drug-likeness (QED) is 0.508. The number of carbonyl (C=O) groups is 2. The molecule has 0 aliphatic carbocycles. The fourth-order valence-corrected chi connectivity index (χ4v) is 1.40. The number of benzene rings is 1. The van der Waals surface area contributed by atoms with Crippen molar-refractivity contribution in [3.8, 4) is 0 Å². The molecular formula is C15H19NO5. The van der Waals surface area contributed by atoms with Crippen molar-refractivity contribution in [3.63, 3.8) is 0 Å². The molecule has 0 radical (unpaired) electrons. The molecule has 0 spiro atoms. The molecule has 0 fully saturated rings. The lowest BCUT2D eigenvalue weighted by Crippen LogP contribution is -2.27. The van der Waals surface area contributed by atoms with Gasteiger partial charge in [-0.05, 0) is 45.0 Å². The zero-order valence-corrected chi connectivity index (χ0v) is 12.5. The van der Waals surface area contributed by atoms with Gasteiger partial charge in [-0.1, -0.05) is 0 Å². The van der Waals surface area contributed by atoms with Crippen molar-refractivity contribution in [2.24, 2.45) is 0 Å². The van der Waals surface area contributed by atoms with E-state index < -0.39 is 17.7 Å². The molecule has 21 heavy (non-hydrogen) atoms. The Labute approximate surface area is 123 Å². The molecule has 0 aliphatic rings. The third-order valence-electron chi connectivity index (χ3n) is 2.28. The van der Waals surface area contributed by atoms with E-state index in [-0.39, 0.29) is 5.76 Å². The van der Waals surface area contributed by atoms with Gasteiger partial charge in [-0.15, -0.1) is 0 Å². The van der Waals surface area contributed by atoms with Crippen LogP contribution in [0.4, 0.5) is 10.5 Å². The van der Waals surface area contributed by atoms with Gasteiger partial charge in [0, 0.05) is 11.3 Å². The van der Waals surface area contributed by atoms with Crippen molar-refractivity contribution in [1.29, 1.82) is 0 Å². The number of hydrogen-bond donors (Lipinski definition) is 2. The summed E-state index contributed by atoms with van der Waals surface area (Å²) >= 11 is 0.